The molecule has 1 nitrogen and oxygen atoms in total. The van der Waals surface area contributed by atoms with Crippen LogP contribution >= 0.6 is 0 Å². The molecule has 0 heterocycles. The Balaban J connectivity index is 1.94. The van der Waals surface area contributed by atoms with Gasteiger partial charge in [0.05, 0.1) is 0 Å². The van der Waals surface area contributed by atoms with E-state index in [0.29, 0.717) is 12.1 Å². The van der Waals surface area contributed by atoms with Crippen LogP contribution in [-0.4, -0.2) is 12.1 Å². The maximum Gasteiger partial charge on any atom is 0.0353 e. The molecule has 0 spiro atoms. The molecular weight excluding hydrogens is 218 g/mol. The second kappa shape index (κ2) is 4.89. The lowest BCUT2D eigenvalue weighted by molar-refractivity contribution is 0.381. The van der Waals surface area contributed by atoms with Crippen molar-refractivity contribution in [2.24, 2.45) is 11.8 Å². The van der Waals surface area contributed by atoms with Gasteiger partial charge >= 0.3 is 0 Å². The molecular formula is C17H23N. The molecule has 3 rings (SSSR count). The van der Waals surface area contributed by atoms with E-state index in [1.54, 1.807) is 5.57 Å². The first-order chi connectivity index (χ1) is 8.74. The summed E-state index contributed by atoms with van der Waals surface area (Å²) in [6, 6.07) is 12.0. The Morgan fingerprint density at radius 2 is 1.89 bits per heavy atom. The SMILES string of the molecule is CC(C)N[C@@H]1C(c2ccccc2)=C[C@H]2CC[C@H]1C2. The molecule has 2 bridgehead atoms. The average molecular weight is 241 g/mol. The molecule has 2 aliphatic carbocycles. The largest absolute Gasteiger partial charge is 0.307 e. The Morgan fingerprint density at radius 3 is 2.61 bits per heavy atom. The number of rotatable bonds is 3. The Labute approximate surface area is 110 Å². The number of benzene rings is 1. The molecule has 0 saturated heterocycles. The smallest absolute Gasteiger partial charge is 0.0353 e. The molecule has 1 aromatic rings. The minimum Gasteiger partial charge on any atom is -0.307 e. The monoisotopic (exact) mass is 241 g/mol. The molecule has 0 unspecified atom stereocenters. The molecule has 2 aliphatic rings. The highest BCUT2D eigenvalue weighted by molar-refractivity contribution is 5.71. The number of fused-ring (bicyclic) bond motifs is 2. The fourth-order valence-electron chi connectivity index (χ4n) is 3.61. The Kier molecular flexibility index (Phi) is 3.25. The van der Waals surface area contributed by atoms with Crippen molar-refractivity contribution in [2.75, 3.05) is 0 Å². The molecule has 18 heavy (non-hydrogen) atoms. The lowest BCUT2D eigenvalue weighted by atomic mass is 9.81. The van der Waals surface area contributed by atoms with Gasteiger partial charge in [0.2, 0.25) is 0 Å². The molecule has 1 fully saturated rings. The van der Waals surface area contributed by atoms with Gasteiger partial charge in [0.1, 0.15) is 0 Å². The van der Waals surface area contributed by atoms with Crippen molar-refractivity contribution in [2.45, 2.75) is 45.2 Å². The molecule has 0 aromatic heterocycles. The Hall–Kier alpha value is -1.08. The third-order valence-electron chi connectivity index (χ3n) is 4.36. The maximum absolute atomic E-state index is 3.79. The summed E-state index contributed by atoms with van der Waals surface area (Å²) < 4.78 is 0. The number of hydrogen-bond acceptors (Lipinski definition) is 1. The summed E-state index contributed by atoms with van der Waals surface area (Å²) in [5, 5.41) is 3.79. The zero-order valence-electron chi connectivity index (χ0n) is 11.4. The maximum atomic E-state index is 3.79. The predicted octanol–water partition coefficient (Wildman–Crippen LogP) is 3.87. The van der Waals surface area contributed by atoms with Gasteiger partial charge in [0.15, 0.2) is 0 Å². The summed E-state index contributed by atoms with van der Waals surface area (Å²) in [4.78, 5) is 0. The van der Waals surface area contributed by atoms with Gasteiger partial charge in [-0.25, -0.2) is 0 Å². The molecule has 1 saturated carbocycles. The third-order valence-corrected chi connectivity index (χ3v) is 4.36. The van der Waals surface area contributed by atoms with Crippen molar-refractivity contribution in [1.29, 1.82) is 0 Å². The molecule has 0 aliphatic heterocycles. The number of nitrogens with one attached hydrogen (secondary N) is 1. The lowest BCUT2D eigenvalue weighted by Gasteiger charge is -2.33. The second-order valence-electron chi connectivity index (χ2n) is 6.12. The van der Waals surface area contributed by atoms with Gasteiger partial charge in [0, 0.05) is 12.1 Å². The lowest BCUT2D eigenvalue weighted by Crippen LogP contribution is -2.41. The van der Waals surface area contributed by atoms with Gasteiger partial charge in [0.25, 0.3) is 0 Å². The van der Waals surface area contributed by atoms with E-state index in [1.807, 2.05) is 0 Å². The van der Waals surface area contributed by atoms with Gasteiger partial charge < -0.3 is 5.32 Å². The van der Waals surface area contributed by atoms with Crippen LogP contribution < -0.4 is 5.32 Å². The summed E-state index contributed by atoms with van der Waals surface area (Å²) >= 11 is 0. The van der Waals surface area contributed by atoms with E-state index < -0.39 is 0 Å². The quantitative estimate of drug-likeness (QED) is 0.847. The zero-order valence-corrected chi connectivity index (χ0v) is 11.4. The molecule has 96 valence electrons. The van der Waals surface area contributed by atoms with E-state index >= 15 is 0 Å². The zero-order chi connectivity index (χ0) is 12.5. The van der Waals surface area contributed by atoms with Crippen LogP contribution in [0.5, 0.6) is 0 Å². The first-order valence-electron chi connectivity index (χ1n) is 7.27. The highest BCUT2D eigenvalue weighted by Crippen LogP contribution is 2.44. The average Bonchev–Trinajstić information content (AvgIpc) is 2.77. The summed E-state index contributed by atoms with van der Waals surface area (Å²) in [7, 11) is 0. The minimum absolute atomic E-state index is 0.555. The highest BCUT2D eigenvalue weighted by Gasteiger charge is 2.37. The van der Waals surface area contributed by atoms with Crippen molar-refractivity contribution in [3.8, 4) is 0 Å². The first kappa shape index (κ1) is 12.0. The molecule has 1 N–H and O–H groups in total. The summed E-state index contributed by atoms with van der Waals surface area (Å²) in [5.41, 5.74) is 2.95. The highest BCUT2D eigenvalue weighted by atomic mass is 15.0. The summed E-state index contributed by atoms with van der Waals surface area (Å²) in [6.45, 7) is 4.51. The Bertz CT molecular complexity index is 432. The van der Waals surface area contributed by atoms with Crippen LogP contribution in [0.15, 0.2) is 36.4 Å². The van der Waals surface area contributed by atoms with E-state index in [0.717, 1.165) is 11.8 Å². The van der Waals surface area contributed by atoms with Gasteiger partial charge in [-0.2, -0.15) is 0 Å². The second-order valence-corrected chi connectivity index (χ2v) is 6.12. The normalized spacial score (nSPS) is 30.6. The van der Waals surface area contributed by atoms with Gasteiger partial charge in [-0.1, -0.05) is 50.3 Å². The molecule has 1 aromatic carbocycles. The molecule has 0 radical (unpaired) electrons. The number of allylic oxidation sites excluding steroid dienone is 1. The van der Waals surface area contributed by atoms with Crippen molar-refractivity contribution in [3.63, 3.8) is 0 Å². The summed E-state index contributed by atoms with van der Waals surface area (Å²) in [6.07, 6.45) is 6.71. The van der Waals surface area contributed by atoms with Gasteiger partial charge in [-0.05, 0) is 42.2 Å². The van der Waals surface area contributed by atoms with Crippen molar-refractivity contribution < 1.29 is 0 Å². The van der Waals surface area contributed by atoms with Crippen LogP contribution in [0.25, 0.3) is 5.57 Å². The van der Waals surface area contributed by atoms with Crippen LogP contribution in [0.4, 0.5) is 0 Å². The Morgan fingerprint density at radius 1 is 1.11 bits per heavy atom. The standard InChI is InChI=1S/C17H23N/c1-12(2)18-17-15-9-8-13(10-15)11-16(17)14-6-4-3-5-7-14/h3-7,11-13,15,17-18H,8-10H2,1-2H3/t13-,15-,17-/m0/s1. The first-order valence-corrected chi connectivity index (χ1v) is 7.27. The van der Waals surface area contributed by atoms with Crippen molar-refractivity contribution in [1.82, 2.24) is 5.32 Å². The molecule has 3 atom stereocenters. The topological polar surface area (TPSA) is 12.0 Å². The van der Waals surface area contributed by atoms with Crippen LogP contribution in [0.1, 0.15) is 38.7 Å². The molecule has 1 heteroatoms. The van der Waals surface area contributed by atoms with E-state index in [-0.39, 0.29) is 0 Å². The predicted molar refractivity (Wildman–Crippen MR) is 77.3 cm³/mol. The number of hydrogen-bond donors (Lipinski definition) is 1. The van der Waals surface area contributed by atoms with Crippen LogP contribution in [0, 0.1) is 11.8 Å². The van der Waals surface area contributed by atoms with E-state index in [9.17, 15) is 0 Å². The van der Waals surface area contributed by atoms with Crippen molar-refractivity contribution in [3.05, 3.63) is 42.0 Å². The minimum atomic E-state index is 0.555. The van der Waals surface area contributed by atoms with Gasteiger partial charge in [-0.15, -0.1) is 0 Å². The third kappa shape index (κ3) is 2.24. The van der Waals surface area contributed by atoms with Gasteiger partial charge in [-0.3, -0.25) is 0 Å². The van der Waals surface area contributed by atoms with Crippen LogP contribution in [0.2, 0.25) is 0 Å². The van der Waals surface area contributed by atoms with E-state index in [1.165, 1.54) is 24.8 Å². The fourth-order valence-corrected chi connectivity index (χ4v) is 3.61. The van der Waals surface area contributed by atoms with Crippen LogP contribution in [-0.2, 0) is 0 Å². The fraction of sp³-hybridized carbons (Fsp3) is 0.529. The molecule has 0 amide bonds. The summed E-state index contributed by atoms with van der Waals surface area (Å²) in [5.74, 6) is 1.67. The van der Waals surface area contributed by atoms with Crippen LogP contribution in [0.3, 0.4) is 0 Å². The van der Waals surface area contributed by atoms with E-state index in [4.69, 9.17) is 0 Å². The van der Waals surface area contributed by atoms with Crippen molar-refractivity contribution >= 4 is 5.57 Å². The van der Waals surface area contributed by atoms with E-state index in [2.05, 4.69) is 55.6 Å².